The van der Waals surface area contributed by atoms with E-state index in [9.17, 15) is 9.59 Å². The maximum absolute atomic E-state index is 11.9. The van der Waals surface area contributed by atoms with Crippen molar-refractivity contribution in [2.24, 2.45) is 0 Å². The molecule has 6 nitrogen and oxygen atoms in total. The van der Waals surface area contributed by atoms with Crippen molar-refractivity contribution in [3.63, 3.8) is 0 Å². The van der Waals surface area contributed by atoms with E-state index in [0.29, 0.717) is 42.2 Å². The number of Topliss-reactive ketones (excluding diaryl/α,β-unsaturated/α-hetero) is 1. The Hall–Kier alpha value is -2.50. The maximum Gasteiger partial charge on any atom is 0.248 e. The third-order valence-electron chi connectivity index (χ3n) is 3.43. The highest BCUT2D eigenvalue weighted by Gasteiger charge is 2.23. The van der Waals surface area contributed by atoms with Crippen LogP contribution in [0.4, 0.5) is 5.69 Å². The number of carbonyl (C=O) groups excluding carboxylic acids is 2. The number of amides is 1. The number of carbonyl (C=O) groups is 2. The number of ketones is 1. The summed E-state index contributed by atoms with van der Waals surface area (Å²) in [4.78, 5) is 25.1. The second kappa shape index (κ2) is 6.51. The third-order valence-corrected chi connectivity index (χ3v) is 3.43. The highest BCUT2D eigenvalue weighted by molar-refractivity contribution is 6.05. The summed E-state index contributed by atoms with van der Waals surface area (Å²) >= 11 is 0. The van der Waals surface area contributed by atoms with Gasteiger partial charge in [0.2, 0.25) is 5.91 Å². The fourth-order valence-corrected chi connectivity index (χ4v) is 2.21. The standard InChI is InChI=1S/C16H20N2O4/c1-10(2)16(20)18(3)7-9-22-13-5-4-12-14(15(13)17)11(19)6-8-21-12/h4-5H,1,6-9,17H2,2-3H3. The van der Waals surface area contributed by atoms with Crippen molar-refractivity contribution in [2.45, 2.75) is 13.3 Å². The number of ether oxygens (including phenoxy) is 2. The minimum atomic E-state index is -0.134. The quantitative estimate of drug-likeness (QED) is 0.660. The smallest absolute Gasteiger partial charge is 0.248 e. The molecule has 2 rings (SSSR count). The largest absolute Gasteiger partial charge is 0.492 e. The van der Waals surface area contributed by atoms with Gasteiger partial charge in [-0.3, -0.25) is 9.59 Å². The van der Waals surface area contributed by atoms with Gasteiger partial charge < -0.3 is 20.1 Å². The Morgan fingerprint density at radius 1 is 1.50 bits per heavy atom. The molecule has 0 radical (unpaired) electrons. The van der Waals surface area contributed by atoms with Crippen LogP contribution in [0.25, 0.3) is 0 Å². The lowest BCUT2D eigenvalue weighted by molar-refractivity contribution is -0.126. The van der Waals surface area contributed by atoms with E-state index in [0.717, 1.165) is 0 Å². The van der Waals surface area contributed by atoms with Gasteiger partial charge in [0.15, 0.2) is 5.78 Å². The molecule has 0 spiro atoms. The van der Waals surface area contributed by atoms with Crippen LogP contribution < -0.4 is 15.2 Å². The molecule has 0 saturated carbocycles. The van der Waals surface area contributed by atoms with Gasteiger partial charge in [-0.15, -0.1) is 0 Å². The molecule has 1 aliphatic heterocycles. The van der Waals surface area contributed by atoms with Crippen LogP contribution in [-0.2, 0) is 4.79 Å². The van der Waals surface area contributed by atoms with Crippen LogP contribution in [0.1, 0.15) is 23.7 Å². The first-order chi connectivity index (χ1) is 10.4. The van der Waals surface area contributed by atoms with Crippen LogP contribution in [-0.4, -0.2) is 43.4 Å². The first-order valence-corrected chi connectivity index (χ1v) is 7.04. The summed E-state index contributed by atoms with van der Waals surface area (Å²) in [5, 5.41) is 0. The van der Waals surface area contributed by atoms with E-state index in [-0.39, 0.29) is 24.0 Å². The number of nitrogens with zero attached hydrogens (tertiary/aromatic N) is 1. The van der Waals surface area contributed by atoms with Crippen molar-refractivity contribution in [1.82, 2.24) is 4.90 Å². The number of benzene rings is 1. The van der Waals surface area contributed by atoms with E-state index < -0.39 is 0 Å². The second-order valence-corrected chi connectivity index (χ2v) is 5.23. The normalized spacial score (nSPS) is 13.1. The number of nitrogen functional groups attached to an aromatic ring is 1. The Kier molecular flexibility index (Phi) is 4.70. The molecule has 1 heterocycles. The molecule has 0 bridgehead atoms. The number of likely N-dealkylation sites (N-methyl/N-ethyl adjacent to an activating group) is 1. The minimum Gasteiger partial charge on any atom is -0.492 e. The monoisotopic (exact) mass is 304 g/mol. The van der Waals surface area contributed by atoms with Gasteiger partial charge in [0.05, 0.1) is 24.4 Å². The molecule has 1 aromatic rings. The fourth-order valence-electron chi connectivity index (χ4n) is 2.21. The van der Waals surface area contributed by atoms with Crippen molar-refractivity contribution in [1.29, 1.82) is 0 Å². The predicted molar refractivity (Wildman–Crippen MR) is 83.2 cm³/mol. The van der Waals surface area contributed by atoms with Gasteiger partial charge in [-0.1, -0.05) is 6.58 Å². The summed E-state index contributed by atoms with van der Waals surface area (Å²) in [6.07, 6.45) is 0.316. The van der Waals surface area contributed by atoms with Gasteiger partial charge in [0.1, 0.15) is 18.1 Å². The van der Waals surface area contributed by atoms with Crippen LogP contribution in [0.2, 0.25) is 0 Å². The number of nitrogens with two attached hydrogens (primary N) is 1. The average Bonchev–Trinajstić information content (AvgIpc) is 2.48. The maximum atomic E-state index is 11.9. The lowest BCUT2D eigenvalue weighted by Crippen LogP contribution is -2.31. The molecule has 6 heteroatoms. The number of hydrogen-bond acceptors (Lipinski definition) is 5. The van der Waals surface area contributed by atoms with Crippen LogP contribution in [0, 0.1) is 0 Å². The molecule has 118 valence electrons. The molecule has 0 aliphatic carbocycles. The van der Waals surface area contributed by atoms with Gasteiger partial charge in [-0.25, -0.2) is 0 Å². The summed E-state index contributed by atoms with van der Waals surface area (Å²) in [5.41, 5.74) is 7.14. The molecule has 2 N–H and O–H groups in total. The molecular weight excluding hydrogens is 284 g/mol. The molecule has 22 heavy (non-hydrogen) atoms. The van der Waals surface area contributed by atoms with Gasteiger partial charge in [0.25, 0.3) is 0 Å². The van der Waals surface area contributed by atoms with E-state index >= 15 is 0 Å². The van der Waals surface area contributed by atoms with Crippen LogP contribution in [0.5, 0.6) is 11.5 Å². The second-order valence-electron chi connectivity index (χ2n) is 5.23. The summed E-state index contributed by atoms with van der Waals surface area (Å²) in [7, 11) is 1.67. The molecule has 0 aromatic heterocycles. The SMILES string of the molecule is C=C(C)C(=O)N(C)CCOc1ccc2c(c1N)C(=O)CCO2. The first-order valence-electron chi connectivity index (χ1n) is 7.04. The van der Waals surface area contributed by atoms with Crippen molar-refractivity contribution in [3.8, 4) is 11.5 Å². The highest BCUT2D eigenvalue weighted by atomic mass is 16.5. The Balaban J connectivity index is 2.02. The number of fused-ring (bicyclic) bond motifs is 1. The topological polar surface area (TPSA) is 81.9 Å². The molecule has 0 unspecified atom stereocenters. The van der Waals surface area contributed by atoms with Crippen molar-refractivity contribution < 1.29 is 19.1 Å². The number of hydrogen-bond donors (Lipinski definition) is 1. The van der Waals surface area contributed by atoms with Crippen molar-refractivity contribution in [2.75, 3.05) is 32.5 Å². The van der Waals surface area contributed by atoms with E-state index in [2.05, 4.69) is 6.58 Å². The summed E-state index contributed by atoms with van der Waals surface area (Å²) in [6.45, 7) is 6.31. The van der Waals surface area contributed by atoms with E-state index in [1.165, 1.54) is 4.90 Å². The average molecular weight is 304 g/mol. The Labute approximate surface area is 129 Å². The van der Waals surface area contributed by atoms with Gasteiger partial charge in [0, 0.05) is 19.0 Å². The van der Waals surface area contributed by atoms with Gasteiger partial charge in [-0.2, -0.15) is 0 Å². The predicted octanol–water partition coefficient (Wildman–Crippen LogP) is 1.65. The molecule has 0 atom stereocenters. The zero-order valence-corrected chi connectivity index (χ0v) is 12.8. The molecule has 1 aromatic carbocycles. The minimum absolute atomic E-state index is 0.0428. The van der Waals surface area contributed by atoms with Crippen LogP contribution >= 0.6 is 0 Å². The van der Waals surface area contributed by atoms with Crippen LogP contribution in [0.3, 0.4) is 0 Å². The van der Waals surface area contributed by atoms with E-state index in [1.54, 1.807) is 26.1 Å². The van der Waals surface area contributed by atoms with E-state index in [1.807, 2.05) is 0 Å². The molecule has 0 fully saturated rings. The summed E-state index contributed by atoms with van der Waals surface area (Å²) < 4.78 is 11.0. The number of anilines is 1. The van der Waals surface area contributed by atoms with Crippen LogP contribution in [0.15, 0.2) is 24.3 Å². The molecular formula is C16H20N2O4. The lowest BCUT2D eigenvalue weighted by atomic mass is 10.0. The molecule has 0 saturated heterocycles. The van der Waals surface area contributed by atoms with Gasteiger partial charge >= 0.3 is 0 Å². The third kappa shape index (κ3) is 3.21. The van der Waals surface area contributed by atoms with Crippen molar-refractivity contribution in [3.05, 3.63) is 29.8 Å². The van der Waals surface area contributed by atoms with E-state index in [4.69, 9.17) is 15.2 Å². The Morgan fingerprint density at radius 2 is 2.23 bits per heavy atom. The summed E-state index contributed by atoms with van der Waals surface area (Å²) in [6, 6.07) is 3.36. The Bertz CT molecular complexity index is 625. The zero-order valence-electron chi connectivity index (χ0n) is 12.8. The van der Waals surface area contributed by atoms with Gasteiger partial charge in [-0.05, 0) is 19.1 Å². The Morgan fingerprint density at radius 3 is 2.91 bits per heavy atom. The lowest BCUT2D eigenvalue weighted by Gasteiger charge is -2.21. The highest BCUT2D eigenvalue weighted by Crippen LogP contribution is 2.36. The van der Waals surface area contributed by atoms with Crippen molar-refractivity contribution >= 4 is 17.4 Å². The molecule has 1 amide bonds. The molecule has 1 aliphatic rings. The fraction of sp³-hybridized carbons (Fsp3) is 0.375. The summed E-state index contributed by atoms with van der Waals surface area (Å²) in [5.74, 6) is 0.744. The zero-order chi connectivity index (χ0) is 16.3. The number of rotatable bonds is 5. The first kappa shape index (κ1) is 15.9.